The largest absolute Gasteiger partial charge is 0.441 e. The van der Waals surface area contributed by atoms with Crippen LogP contribution in [0.4, 0.5) is 10.5 Å². The molecule has 2 aromatic rings. The molecule has 0 bridgehead atoms. The van der Waals surface area contributed by atoms with E-state index >= 15 is 0 Å². The highest BCUT2D eigenvalue weighted by atomic mass is 16.5. The minimum Gasteiger partial charge on any atom is -0.441 e. The van der Waals surface area contributed by atoms with Crippen molar-refractivity contribution in [2.45, 2.75) is 26.9 Å². The molecule has 6 heteroatoms. The van der Waals surface area contributed by atoms with E-state index in [1.165, 1.54) is 0 Å². The van der Waals surface area contributed by atoms with E-state index in [0.29, 0.717) is 25.6 Å². The highest BCUT2D eigenvalue weighted by molar-refractivity contribution is 5.90. The number of oxazole rings is 1. The van der Waals surface area contributed by atoms with Crippen molar-refractivity contribution in [3.8, 4) is 11.5 Å². The molecule has 0 saturated carbocycles. The van der Waals surface area contributed by atoms with Gasteiger partial charge in [-0.2, -0.15) is 0 Å². The molecule has 1 N–H and O–H groups in total. The Balaban J connectivity index is 1.65. The first-order chi connectivity index (χ1) is 11.1. The van der Waals surface area contributed by atoms with Crippen LogP contribution in [-0.2, 0) is 4.74 Å². The third kappa shape index (κ3) is 3.37. The first-order valence-electron chi connectivity index (χ1n) is 7.78. The molecule has 1 saturated heterocycles. The fraction of sp³-hybridized carbons (Fsp3) is 0.412. The van der Waals surface area contributed by atoms with Gasteiger partial charge in [0, 0.05) is 17.9 Å². The lowest BCUT2D eigenvalue weighted by molar-refractivity contribution is -0.0276. The molecule has 1 fully saturated rings. The molecule has 0 atom stereocenters. The van der Waals surface area contributed by atoms with Gasteiger partial charge in [0.05, 0.1) is 24.9 Å². The van der Waals surface area contributed by atoms with Gasteiger partial charge in [0.2, 0.25) is 5.89 Å². The van der Waals surface area contributed by atoms with Gasteiger partial charge in [0.1, 0.15) is 5.76 Å². The van der Waals surface area contributed by atoms with E-state index < -0.39 is 0 Å². The molecule has 3 rings (SSSR count). The van der Waals surface area contributed by atoms with Crippen LogP contribution >= 0.6 is 0 Å². The average Bonchev–Trinajstić information content (AvgIpc) is 2.82. The number of nitrogens with zero attached hydrogens (tertiary/aromatic N) is 2. The van der Waals surface area contributed by atoms with Gasteiger partial charge >= 0.3 is 6.03 Å². The summed E-state index contributed by atoms with van der Waals surface area (Å²) in [6.45, 7) is 7.70. The van der Waals surface area contributed by atoms with Crippen molar-refractivity contribution in [2.75, 3.05) is 25.0 Å². The van der Waals surface area contributed by atoms with Crippen molar-refractivity contribution in [1.29, 1.82) is 0 Å². The van der Waals surface area contributed by atoms with Gasteiger partial charge in [-0.25, -0.2) is 9.78 Å². The summed E-state index contributed by atoms with van der Waals surface area (Å²) in [5, 5.41) is 2.90. The van der Waals surface area contributed by atoms with Gasteiger partial charge in [-0.1, -0.05) is 6.07 Å². The number of carbonyl (C=O) groups is 1. The number of rotatable bonds is 4. The van der Waals surface area contributed by atoms with Crippen molar-refractivity contribution < 1.29 is 13.9 Å². The minimum absolute atomic E-state index is 0.113. The highest BCUT2D eigenvalue weighted by Crippen LogP contribution is 2.24. The van der Waals surface area contributed by atoms with Crippen LogP contribution in [0.3, 0.4) is 0 Å². The Morgan fingerprint density at radius 1 is 1.43 bits per heavy atom. The monoisotopic (exact) mass is 315 g/mol. The lowest BCUT2D eigenvalue weighted by atomic mass is 10.1. The second-order valence-corrected chi connectivity index (χ2v) is 5.65. The Labute approximate surface area is 135 Å². The normalized spacial score (nSPS) is 14.7. The molecule has 1 aromatic carbocycles. The number of benzene rings is 1. The van der Waals surface area contributed by atoms with Crippen molar-refractivity contribution in [2.24, 2.45) is 0 Å². The molecule has 6 nitrogen and oxygen atoms in total. The smallest absolute Gasteiger partial charge is 0.322 e. The lowest BCUT2D eigenvalue weighted by Crippen LogP contribution is -2.56. The topological polar surface area (TPSA) is 67.6 Å². The summed E-state index contributed by atoms with van der Waals surface area (Å²) in [5.41, 5.74) is 2.44. The molecule has 2 amide bonds. The van der Waals surface area contributed by atoms with E-state index in [4.69, 9.17) is 9.15 Å². The van der Waals surface area contributed by atoms with Crippen LogP contribution in [0.15, 0.2) is 28.7 Å². The quantitative estimate of drug-likeness (QED) is 0.940. The molecule has 0 unspecified atom stereocenters. The minimum atomic E-state index is -0.113. The number of nitrogens with one attached hydrogen (secondary N) is 1. The molecule has 2 heterocycles. The Hall–Kier alpha value is -2.34. The molecule has 1 aliphatic heterocycles. The number of amides is 2. The molecular formula is C17H21N3O3. The van der Waals surface area contributed by atoms with Gasteiger partial charge in [-0.3, -0.25) is 0 Å². The SMILES string of the molecule is CCOC1CN(C(=O)Nc2cccc(-c3nc(C)c(C)o3)c2)C1. The maximum Gasteiger partial charge on any atom is 0.322 e. The standard InChI is InChI=1S/C17H21N3O3/c1-4-22-15-9-20(10-15)17(21)19-14-7-5-6-13(8-14)16-18-11(2)12(3)23-16/h5-8,15H,4,9-10H2,1-3H3,(H,19,21). The average molecular weight is 315 g/mol. The molecule has 1 aromatic heterocycles. The first kappa shape index (κ1) is 15.6. The summed E-state index contributed by atoms with van der Waals surface area (Å²) in [6.07, 6.45) is 0.162. The van der Waals surface area contributed by atoms with Gasteiger partial charge in [0.25, 0.3) is 0 Å². The second kappa shape index (κ2) is 6.42. The number of ether oxygens (including phenoxy) is 1. The number of aryl methyl sites for hydroxylation is 2. The van der Waals surface area contributed by atoms with E-state index in [1.54, 1.807) is 4.90 Å². The molecule has 122 valence electrons. The Kier molecular flexibility index (Phi) is 4.34. The van der Waals surface area contributed by atoms with E-state index in [0.717, 1.165) is 22.7 Å². The van der Waals surface area contributed by atoms with Gasteiger partial charge in [-0.05, 0) is 39.0 Å². The van der Waals surface area contributed by atoms with Crippen molar-refractivity contribution >= 4 is 11.7 Å². The summed E-state index contributed by atoms with van der Waals surface area (Å²) in [7, 11) is 0. The molecular weight excluding hydrogens is 294 g/mol. The van der Waals surface area contributed by atoms with Crippen molar-refractivity contribution in [3.63, 3.8) is 0 Å². The highest BCUT2D eigenvalue weighted by Gasteiger charge is 2.30. The van der Waals surface area contributed by atoms with Crippen LogP contribution in [0.5, 0.6) is 0 Å². The van der Waals surface area contributed by atoms with Crippen LogP contribution in [0, 0.1) is 13.8 Å². The Morgan fingerprint density at radius 3 is 2.87 bits per heavy atom. The lowest BCUT2D eigenvalue weighted by Gasteiger charge is -2.38. The van der Waals surface area contributed by atoms with Crippen LogP contribution in [0.25, 0.3) is 11.5 Å². The number of carbonyl (C=O) groups excluding carboxylic acids is 1. The Bertz CT molecular complexity index is 685. The van der Waals surface area contributed by atoms with Crippen LogP contribution < -0.4 is 5.32 Å². The fourth-order valence-corrected chi connectivity index (χ4v) is 2.47. The van der Waals surface area contributed by atoms with Crippen molar-refractivity contribution in [1.82, 2.24) is 9.88 Å². The Morgan fingerprint density at radius 2 is 2.22 bits per heavy atom. The summed E-state index contributed by atoms with van der Waals surface area (Å²) < 4.78 is 11.1. The maximum atomic E-state index is 12.2. The van der Waals surface area contributed by atoms with Crippen LogP contribution in [-0.4, -0.2) is 41.7 Å². The molecule has 23 heavy (non-hydrogen) atoms. The van der Waals surface area contributed by atoms with Crippen molar-refractivity contribution in [3.05, 3.63) is 35.7 Å². The van der Waals surface area contributed by atoms with Gasteiger partial charge in [-0.15, -0.1) is 0 Å². The van der Waals surface area contributed by atoms with Gasteiger partial charge < -0.3 is 19.4 Å². The number of aromatic nitrogens is 1. The zero-order chi connectivity index (χ0) is 16.4. The zero-order valence-corrected chi connectivity index (χ0v) is 13.6. The number of urea groups is 1. The van der Waals surface area contributed by atoms with E-state index in [2.05, 4.69) is 10.3 Å². The summed E-state index contributed by atoms with van der Waals surface area (Å²) >= 11 is 0. The summed E-state index contributed by atoms with van der Waals surface area (Å²) in [6, 6.07) is 7.39. The van der Waals surface area contributed by atoms with Crippen LogP contribution in [0.2, 0.25) is 0 Å². The summed E-state index contributed by atoms with van der Waals surface area (Å²) in [4.78, 5) is 18.3. The number of likely N-dealkylation sites (tertiary alicyclic amines) is 1. The number of hydrogen-bond acceptors (Lipinski definition) is 4. The van der Waals surface area contributed by atoms with E-state index in [-0.39, 0.29) is 12.1 Å². The molecule has 0 radical (unpaired) electrons. The molecule has 0 aliphatic carbocycles. The number of hydrogen-bond donors (Lipinski definition) is 1. The maximum absolute atomic E-state index is 12.2. The summed E-state index contributed by atoms with van der Waals surface area (Å²) in [5.74, 6) is 1.37. The third-order valence-electron chi connectivity index (χ3n) is 3.93. The predicted octanol–water partition coefficient (Wildman–Crippen LogP) is 3.21. The first-order valence-corrected chi connectivity index (χ1v) is 7.78. The molecule has 1 aliphatic rings. The second-order valence-electron chi connectivity index (χ2n) is 5.65. The third-order valence-corrected chi connectivity index (χ3v) is 3.93. The van der Waals surface area contributed by atoms with Crippen LogP contribution in [0.1, 0.15) is 18.4 Å². The van der Waals surface area contributed by atoms with Gasteiger partial charge in [0.15, 0.2) is 0 Å². The number of anilines is 1. The zero-order valence-electron chi connectivity index (χ0n) is 13.6. The molecule has 0 spiro atoms. The van der Waals surface area contributed by atoms with E-state index in [1.807, 2.05) is 45.0 Å². The predicted molar refractivity (Wildman–Crippen MR) is 87.4 cm³/mol. The fourth-order valence-electron chi connectivity index (χ4n) is 2.47. The van der Waals surface area contributed by atoms with E-state index in [9.17, 15) is 4.79 Å².